The highest BCUT2D eigenvalue weighted by Gasteiger charge is 2.32. The molecule has 1 aliphatic rings. The lowest BCUT2D eigenvalue weighted by Gasteiger charge is -2.26. The van der Waals surface area contributed by atoms with Crippen LogP contribution in [-0.4, -0.2) is 17.3 Å². The smallest absolute Gasteiger partial charge is 0.243 e. The lowest BCUT2D eigenvalue weighted by atomic mass is 9.84. The van der Waals surface area contributed by atoms with Crippen LogP contribution in [0.1, 0.15) is 76.7 Å². The Labute approximate surface area is 121 Å². The molecule has 0 amide bonds. The van der Waals surface area contributed by atoms with Crippen LogP contribution in [0.4, 0.5) is 0 Å². The summed E-state index contributed by atoms with van der Waals surface area (Å²) in [6.07, 6.45) is 5.95. The van der Waals surface area contributed by atoms with Crippen LogP contribution in [0.25, 0.3) is 0 Å². The molecule has 5 nitrogen and oxygen atoms in total. The van der Waals surface area contributed by atoms with Gasteiger partial charge in [-0.25, -0.2) is 0 Å². The van der Waals surface area contributed by atoms with Crippen molar-refractivity contribution >= 4 is 0 Å². The van der Waals surface area contributed by atoms with E-state index in [1.54, 1.807) is 7.11 Å². The summed E-state index contributed by atoms with van der Waals surface area (Å²) in [7, 11) is 1.67. The van der Waals surface area contributed by atoms with Crippen molar-refractivity contribution in [1.29, 1.82) is 0 Å². The molecule has 0 saturated heterocycles. The first-order chi connectivity index (χ1) is 9.43. The number of aromatic nitrogens is 2. The zero-order valence-corrected chi connectivity index (χ0v) is 13.1. The summed E-state index contributed by atoms with van der Waals surface area (Å²) in [5.74, 6) is 1.62. The zero-order chi connectivity index (χ0) is 14.8. The highest BCUT2D eigenvalue weighted by molar-refractivity contribution is 5.00. The van der Waals surface area contributed by atoms with Crippen molar-refractivity contribution in [3.63, 3.8) is 0 Å². The largest absolute Gasteiger partial charge is 0.373 e. The second kappa shape index (κ2) is 6.22. The Balaban J connectivity index is 2.11. The Morgan fingerprint density at radius 1 is 1.25 bits per heavy atom. The van der Waals surface area contributed by atoms with Crippen LogP contribution < -0.4 is 5.73 Å². The van der Waals surface area contributed by atoms with E-state index in [2.05, 4.69) is 30.9 Å². The normalized spacial score (nSPS) is 20.9. The van der Waals surface area contributed by atoms with Crippen LogP contribution in [-0.2, 0) is 4.74 Å². The molecule has 0 aromatic carbocycles. The second-order valence-corrected chi connectivity index (χ2v) is 6.90. The Kier molecular flexibility index (Phi) is 4.81. The monoisotopic (exact) mass is 281 g/mol. The van der Waals surface area contributed by atoms with Gasteiger partial charge in [0.05, 0.1) is 6.04 Å². The average Bonchev–Trinajstić information content (AvgIpc) is 2.87. The fraction of sp³-hybridized carbons (Fsp3) is 0.867. The van der Waals surface area contributed by atoms with E-state index in [0.29, 0.717) is 17.6 Å². The molecule has 2 atom stereocenters. The van der Waals surface area contributed by atoms with Crippen molar-refractivity contribution in [3.8, 4) is 0 Å². The van der Waals surface area contributed by atoms with Gasteiger partial charge in [0, 0.05) is 7.11 Å². The standard InChI is InChI=1S/C15H27N3O2/c1-15(2,3)12(19-4)13-17-14(20-18-13)11(16)10-8-6-5-7-9-10/h10-12H,5-9,16H2,1-4H3. The summed E-state index contributed by atoms with van der Waals surface area (Å²) >= 11 is 0. The fourth-order valence-corrected chi connectivity index (χ4v) is 3.03. The number of rotatable bonds is 4. The van der Waals surface area contributed by atoms with Crippen LogP contribution in [0.5, 0.6) is 0 Å². The molecule has 0 radical (unpaired) electrons. The minimum absolute atomic E-state index is 0.0785. The highest BCUT2D eigenvalue weighted by Crippen LogP contribution is 2.36. The average molecular weight is 281 g/mol. The maximum atomic E-state index is 6.30. The molecule has 0 bridgehead atoms. The second-order valence-electron chi connectivity index (χ2n) is 6.90. The molecule has 0 spiro atoms. The minimum Gasteiger partial charge on any atom is -0.373 e. The molecule has 5 heteroatoms. The van der Waals surface area contributed by atoms with Crippen molar-refractivity contribution in [1.82, 2.24) is 10.1 Å². The first kappa shape index (κ1) is 15.4. The van der Waals surface area contributed by atoms with E-state index in [1.807, 2.05) is 0 Å². The first-order valence-corrected chi connectivity index (χ1v) is 7.55. The van der Waals surface area contributed by atoms with Gasteiger partial charge in [0.15, 0.2) is 0 Å². The molecule has 1 heterocycles. The maximum Gasteiger partial charge on any atom is 0.243 e. The molecule has 114 valence electrons. The molecule has 2 N–H and O–H groups in total. The van der Waals surface area contributed by atoms with Gasteiger partial charge < -0.3 is 15.0 Å². The van der Waals surface area contributed by atoms with Crippen molar-refractivity contribution in [3.05, 3.63) is 11.7 Å². The van der Waals surface area contributed by atoms with Gasteiger partial charge in [0.2, 0.25) is 11.7 Å². The summed E-state index contributed by atoms with van der Waals surface area (Å²) < 4.78 is 10.9. The van der Waals surface area contributed by atoms with Gasteiger partial charge in [0.25, 0.3) is 0 Å². The van der Waals surface area contributed by atoms with Gasteiger partial charge in [-0.3, -0.25) is 0 Å². The van der Waals surface area contributed by atoms with Gasteiger partial charge in [0.1, 0.15) is 6.10 Å². The molecule has 20 heavy (non-hydrogen) atoms. The molecular weight excluding hydrogens is 254 g/mol. The van der Waals surface area contributed by atoms with E-state index in [0.717, 1.165) is 12.8 Å². The molecule has 1 fully saturated rings. The van der Waals surface area contributed by atoms with E-state index in [-0.39, 0.29) is 17.6 Å². The molecule has 2 rings (SSSR count). The topological polar surface area (TPSA) is 74.2 Å². The SMILES string of the molecule is COC(c1noc(C(N)C2CCCCC2)n1)C(C)(C)C. The van der Waals surface area contributed by atoms with Crippen molar-refractivity contribution < 1.29 is 9.26 Å². The predicted octanol–water partition coefficient (Wildman–Crippen LogP) is 3.38. The summed E-state index contributed by atoms with van der Waals surface area (Å²) in [4.78, 5) is 4.50. The third-order valence-electron chi connectivity index (χ3n) is 4.16. The highest BCUT2D eigenvalue weighted by atomic mass is 16.5. The van der Waals surface area contributed by atoms with E-state index in [4.69, 9.17) is 15.0 Å². The third-order valence-corrected chi connectivity index (χ3v) is 4.16. The van der Waals surface area contributed by atoms with Crippen LogP contribution in [0.2, 0.25) is 0 Å². The van der Waals surface area contributed by atoms with Gasteiger partial charge >= 0.3 is 0 Å². The quantitative estimate of drug-likeness (QED) is 0.915. The summed E-state index contributed by atoms with van der Waals surface area (Å²) in [6, 6.07) is -0.144. The predicted molar refractivity (Wildman–Crippen MR) is 77.0 cm³/mol. The van der Waals surface area contributed by atoms with Gasteiger partial charge in [-0.1, -0.05) is 45.2 Å². The Morgan fingerprint density at radius 2 is 1.90 bits per heavy atom. The first-order valence-electron chi connectivity index (χ1n) is 7.55. The van der Waals surface area contributed by atoms with Crippen molar-refractivity contribution in [2.45, 2.75) is 65.0 Å². The van der Waals surface area contributed by atoms with Crippen LogP contribution in [0.15, 0.2) is 4.52 Å². The third kappa shape index (κ3) is 3.38. The maximum absolute atomic E-state index is 6.30. The molecule has 1 saturated carbocycles. The van der Waals surface area contributed by atoms with Crippen molar-refractivity contribution in [2.75, 3.05) is 7.11 Å². The summed E-state index contributed by atoms with van der Waals surface area (Å²) in [5.41, 5.74) is 6.22. The molecule has 1 aromatic rings. The van der Waals surface area contributed by atoms with Crippen LogP contribution in [0.3, 0.4) is 0 Å². The molecular formula is C15H27N3O2. The van der Waals surface area contributed by atoms with Crippen molar-refractivity contribution in [2.24, 2.45) is 17.1 Å². The molecule has 2 unspecified atom stereocenters. The Bertz CT molecular complexity index is 419. The van der Waals surface area contributed by atoms with Crippen LogP contribution in [0, 0.1) is 11.3 Å². The number of ether oxygens (including phenoxy) is 1. The fourth-order valence-electron chi connectivity index (χ4n) is 3.03. The van der Waals surface area contributed by atoms with Crippen LogP contribution >= 0.6 is 0 Å². The molecule has 1 aromatic heterocycles. The lowest BCUT2D eigenvalue weighted by molar-refractivity contribution is 0.00718. The number of nitrogens with two attached hydrogens (primary N) is 1. The number of methoxy groups -OCH3 is 1. The van der Waals surface area contributed by atoms with E-state index < -0.39 is 0 Å². The number of nitrogens with zero attached hydrogens (tertiary/aromatic N) is 2. The van der Waals surface area contributed by atoms with Gasteiger partial charge in [-0.15, -0.1) is 0 Å². The van der Waals surface area contributed by atoms with E-state index >= 15 is 0 Å². The Hall–Kier alpha value is -0.940. The van der Waals surface area contributed by atoms with E-state index in [9.17, 15) is 0 Å². The molecule has 0 aliphatic heterocycles. The summed E-state index contributed by atoms with van der Waals surface area (Å²) in [5, 5.41) is 4.08. The Morgan fingerprint density at radius 3 is 2.45 bits per heavy atom. The summed E-state index contributed by atoms with van der Waals surface area (Å²) in [6.45, 7) is 6.29. The number of hydrogen-bond donors (Lipinski definition) is 1. The molecule has 1 aliphatic carbocycles. The number of hydrogen-bond acceptors (Lipinski definition) is 5. The van der Waals surface area contributed by atoms with Gasteiger partial charge in [-0.05, 0) is 24.2 Å². The minimum atomic E-state index is -0.182. The zero-order valence-electron chi connectivity index (χ0n) is 13.1. The lowest BCUT2D eigenvalue weighted by Crippen LogP contribution is -2.24. The van der Waals surface area contributed by atoms with E-state index in [1.165, 1.54) is 19.3 Å². The van der Waals surface area contributed by atoms with Gasteiger partial charge in [-0.2, -0.15) is 4.98 Å².